The van der Waals surface area contributed by atoms with Crippen molar-refractivity contribution in [3.8, 4) is 0 Å². The van der Waals surface area contributed by atoms with Gasteiger partial charge in [-0.25, -0.2) is 0 Å². The molecule has 1 nitrogen and oxygen atoms in total. The van der Waals surface area contributed by atoms with E-state index in [1.54, 1.807) is 0 Å². The van der Waals surface area contributed by atoms with Gasteiger partial charge in [0.2, 0.25) is 0 Å². The molecule has 0 aromatic heterocycles. The van der Waals surface area contributed by atoms with Crippen molar-refractivity contribution in [3.63, 3.8) is 0 Å². The summed E-state index contributed by atoms with van der Waals surface area (Å²) >= 11 is 1.85. The van der Waals surface area contributed by atoms with E-state index < -0.39 is 0 Å². The van der Waals surface area contributed by atoms with Crippen LogP contribution in [-0.2, 0) is 0 Å². The van der Waals surface area contributed by atoms with Crippen molar-refractivity contribution in [1.29, 1.82) is 0 Å². The van der Waals surface area contributed by atoms with E-state index in [4.69, 9.17) is 0 Å². The second-order valence-electron chi connectivity index (χ2n) is 5.40. The van der Waals surface area contributed by atoms with Crippen LogP contribution in [0.2, 0.25) is 0 Å². The first-order chi connectivity index (χ1) is 6.31. The minimum absolute atomic E-state index is 0.113. The number of rotatable bonds is 6. The lowest BCUT2D eigenvalue weighted by molar-refractivity contribution is 0.183. The van der Waals surface area contributed by atoms with Crippen LogP contribution in [0.15, 0.2) is 0 Å². The molecule has 0 amide bonds. The van der Waals surface area contributed by atoms with Crippen LogP contribution in [0.4, 0.5) is 0 Å². The van der Waals surface area contributed by atoms with Gasteiger partial charge in [-0.05, 0) is 12.3 Å². The lowest BCUT2D eigenvalue weighted by Crippen LogP contribution is -2.16. The highest BCUT2D eigenvalue weighted by atomic mass is 32.2. The van der Waals surface area contributed by atoms with Crippen LogP contribution in [0.1, 0.15) is 53.9 Å². The summed E-state index contributed by atoms with van der Waals surface area (Å²) in [5.74, 6) is 1.64. The van der Waals surface area contributed by atoms with Crippen LogP contribution in [-0.4, -0.2) is 21.7 Å². The van der Waals surface area contributed by atoms with Crippen molar-refractivity contribution < 1.29 is 5.11 Å². The fraction of sp³-hybridized carbons (Fsp3) is 1.00. The molecule has 0 radical (unpaired) electrons. The molecule has 0 bridgehead atoms. The van der Waals surface area contributed by atoms with Crippen LogP contribution in [0.3, 0.4) is 0 Å². The zero-order chi connectivity index (χ0) is 11.2. The molecular formula is C12H26OS. The maximum Gasteiger partial charge on any atom is 0.0630 e. The van der Waals surface area contributed by atoms with Crippen molar-refractivity contribution in [2.24, 2.45) is 5.92 Å². The van der Waals surface area contributed by atoms with E-state index in [2.05, 4.69) is 34.6 Å². The van der Waals surface area contributed by atoms with E-state index >= 15 is 0 Å². The normalized spacial score (nSPS) is 14.8. The zero-order valence-corrected chi connectivity index (χ0v) is 11.2. The number of aliphatic hydroxyl groups is 1. The first-order valence-electron chi connectivity index (χ1n) is 5.63. The molecule has 2 heteroatoms. The van der Waals surface area contributed by atoms with Crippen molar-refractivity contribution in [2.45, 2.75) is 64.7 Å². The highest BCUT2D eigenvalue weighted by Gasteiger charge is 2.13. The third-order valence-corrected chi connectivity index (χ3v) is 3.45. The molecular weight excluding hydrogens is 192 g/mol. The predicted octanol–water partition coefficient (Wildman–Crippen LogP) is 3.71. The molecule has 14 heavy (non-hydrogen) atoms. The van der Waals surface area contributed by atoms with Crippen LogP contribution in [0.5, 0.6) is 0 Å². The summed E-state index contributed by atoms with van der Waals surface area (Å²) in [5, 5.41) is 9.70. The van der Waals surface area contributed by atoms with Crippen LogP contribution in [0.25, 0.3) is 0 Å². The maximum atomic E-state index is 9.70. The SMILES string of the molecule is CC(C)CCCC(O)CSC(C)(C)C. The summed E-state index contributed by atoms with van der Waals surface area (Å²) in [6.45, 7) is 11.0. The number of thioether (sulfide) groups is 1. The average Bonchev–Trinajstić information content (AvgIpc) is 1.99. The zero-order valence-electron chi connectivity index (χ0n) is 10.3. The Hall–Kier alpha value is 0.310. The molecule has 0 aromatic rings. The Morgan fingerprint density at radius 3 is 2.14 bits per heavy atom. The minimum Gasteiger partial charge on any atom is -0.392 e. The van der Waals surface area contributed by atoms with Gasteiger partial charge in [0, 0.05) is 10.5 Å². The molecule has 0 aliphatic carbocycles. The molecule has 0 aliphatic rings. The molecule has 0 saturated heterocycles. The van der Waals surface area contributed by atoms with E-state index in [-0.39, 0.29) is 10.9 Å². The topological polar surface area (TPSA) is 20.2 Å². The maximum absolute atomic E-state index is 9.70. The number of aliphatic hydroxyl groups excluding tert-OH is 1. The highest BCUT2D eigenvalue weighted by Crippen LogP contribution is 2.24. The van der Waals surface area contributed by atoms with Gasteiger partial charge >= 0.3 is 0 Å². The van der Waals surface area contributed by atoms with Crippen molar-refractivity contribution in [2.75, 3.05) is 5.75 Å². The Labute approximate surface area is 93.7 Å². The minimum atomic E-state index is -0.113. The highest BCUT2D eigenvalue weighted by molar-refractivity contribution is 8.00. The van der Waals surface area contributed by atoms with E-state index in [9.17, 15) is 5.11 Å². The van der Waals surface area contributed by atoms with E-state index in [0.29, 0.717) is 0 Å². The molecule has 0 spiro atoms. The third-order valence-electron chi connectivity index (χ3n) is 2.03. The Balaban J connectivity index is 3.42. The summed E-state index contributed by atoms with van der Waals surface area (Å²) in [6.07, 6.45) is 3.24. The largest absolute Gasteiger partial charge is 0.392 e. The quantitative estimate of drug-likeness (QED) is 0.733. The van der Waals surface area contributed by atoms with Gasteiger partial charge in [-0.15, -0.1) is 0 Å². The second kappa shape index (κ2) is 6.73. The molecule has 1 atom stereocenters. The van der Waals surface area contributed by atoms with Crippen molar-refractivity contribution in [1.82, 2.24) is 0 Å². The number of hydrogen-bond acceptors (Lipinski definition) is 2. The summed E-state index contributed by atoms with van der Waals surface area (Å²) in [7, 11) is 0. The molecule has 0 fully saturated rings. The van der Waals surface area contributed by atoms with E-state index in [1.165, 1.54) is 6.42 Å². The monoisotopic (exact) mass is 218 g/mol. The van der Waals surface area contributed by atoms with Gasteiger partial charge in [0.05, 0.1) is 6.10 Å². The van der Waals surface area contributed by atoms with Gasteiger partial charge in [0.15, 0.2) is 0 Å². The second-order valence-corrected chi connectivity index (χ2v) is 7.25. The van der Waals surface area contributed by atoms with Gasteiger partial charge in [0.25, 0.3) is 0 Å². The predicted molar refractivity (Wildman–Crippen MR) is 66.9 cm³/mol. The lowest BCUT2D eigenvalue weighted by Gasteiger charge is -2.20. The number of hydrogen-bond donors (Lipinski definition) is 1. The molecule has 0 saturated carbocycles. The first kappa shape index (κ1) is 14.3. The summed E-state index contributed by atoms with van der Waals surface area (Å²) in [5.41, 5.74) is 0. The molecule has 86 valence electrons. The smallest absolute Gasteiger partial charge is 0.0630 e. The fourth-order valence-electron chi connectivity index (χ4n) is 1.19. The van der Waals surface area contributed by atoms with Crippen LogP contribution >= 0.6 is 11.8 Å². The van der Waals surface area contributed by atoms with Gasteiger partial charge < -0.3 is 5.11 Å². The van der Waals surface area contributed by atoms with Gasteiger partial charge in [0.1, 0.15) is 0 Å². The van der Waals surface area contributed by atoms with Gasteiger partial charge in [-0.3, -0.25) is 0 Å². The van der Waals surface area contributed by atoms with Gasteiger partial charge in [-0.1, -0.05) is 47.5 Å². The van der Waals surface area contributed by atoms with Crippen LogP contribution in [0, 0.1) is 5.92 Å². The Morgan fingerprint density at radius 1 is 1.14 bits per heavy atom. The Morgan fingerprint density at radius 2 is 1.71 bits per heavy atom. The Kier molecular flexibility index (Phi) is 6.88. The third kappa shape index (κ3) is 10.4. The van der Waals surface area contributed by atoms with Gasteiger partial charge in [-0.2, -0.15) is 11.8 Å². The summed E-state index contributed by atoms with van der Waals surface area (Å²) in [4.78, 5) is 0. The standard InChI is InChI=1S/C12H26OS/c1-10(2)7-6-8-11(13)9-14-12(3,4)5/h10-11,13H,6-9H2,1-5H3. The van der Waals surface area contributed by atoms with Crippen LogP contribution < -0.4 is 0 Å². The van der Waals surface area contributed by atoms with E-state index in [0.717, 1.165) is 24.5 Å². The molecule has 1 N–H and O–H groups in total. The summed E-state index contributed by atoms with van der Waals surface area (Å²) < 4.78 is 0.277. The molecule has 0 rings (SSSR count). The Bertz CT molecular complexity index is 138. The molecule has 0 heterocycles. The van der Waals surface area contributed by atoms with Crippen molar-refractivity contribution >= 4 is 11.8 Å². The first-order valence-corrected chi connectivity index (χ1v) is 6.62. The summed E-state index contributed by atoms with van der Waals surface area (Å²) in [6, 6.07) is 0. The van der Waals surface area contributed by atoms with Crippen molar-refractivity contribution in [3.05, 3.63) is 0 Å². The molecule has 0 aromatic carbocycles. The fourth-order valence-corrected chi connectivity index (χ4v) is 2.05. The molecule has 0 aliphatic heterocycles. The molecule has 1 unspecified atom stereocenters. The lowest BCUT2D eigenvalue weighted by atomic mass is 10.1. The average molecular weight is 218 g/mol. The van der Waals surface area contributed by atoms with E-state index in [1.807, 2.05) is 11.8 Å².